The molecule has 0 saturated carbocycles. The summed E-state index contributed by atoms with van der Waals surface area (Å²) >= 11 is 13.9. The van der Waals surface area contributed by atoms with Crippen molar-refractivity contribution < 1.29 is 98.2 Å². The molecule has 1 unspecified atom stereocenters. The van der Waals surface area contributed by atoms with Gasteiger partial charge < -0.3 is 102 Å². The molecule has 6 aliphatic rings. The van der Waals surface area contributed by atoms with E-state index in [4.69, 9.17) is 42.1 Å². The Morgan fingerprint density at radius 1 is 0.545 bits per heavy atom. The molecule has 17 bridgehead atoms. The number of ether oxygens (including phenoxy) is 4. The van der Waals surface area contributed by atoms with Gasteiger partial charge in [0.25, 0.3) is 0 Å². The van der Waals surface area contributed by atoms with E-state index < -0.39 is 171 Å². The van der Waals surface area contributed by atoms with E-state index in [2.05, 4.69) is 42.5 Å². The molecule has 0 aliphatic carbocycles. The number of phenolic OH excluding ortho intramolecular Hbond substituents is 6. The summed E-state index contributed by atoms with van der Waals surface area (Å²) in [7, 11) is 0. The highest BCUT2D eigenvalue weighted by molar-refractivity contribution is 6.32. The number of amides is 7. The van der Waals surface area contributed by atoms with Gasteiger partial charge in [-0.1, -0.05) is 77.8 Å². The molecule has 8 atom stereocenters. The molecule has 0 fully saturated rings. The molecule has 101 heavy (non-hydrogen) atoms. The number of carbonyl (C=O) groups is 8. The van der Waals surface area contributed by atoms with Crippen molar-refractivity contribution in [2.75, 3.05) is 0 Å². The third kappa shape index (κ3) is 14.6. The van der Waals surface area contributed by atoms with Crippen molar-refractivity contribution in [1.29, 1.82) is 0 Å². The molecular formula is C71H62Cl2N8O20. The normalized spacial score (nSPS) is 20.5. The maximum atomic E-state index is 16.0. The molecule has 16 N–H and O–H groups in total. The molecule has 14 rings (SSSR count). The van der Waals surface area contributed by atoms with Crippen molar-refractivity contribution in [2.45, 2.75) is 94.3 Å². The van der Waals surface area contributed by atoms with Gasteiger partial charge in [-0.05, 0) is 139 Å². The molecule has 28 nitrogen and oxygen atoms in total. The molecule has 6 heterocycles. The number of aromatic hydroxyl groups is 6. The summed E-state index contributed by atoms with van der Waals surface area (Å²) in [5.74, 6) is -15.7. The summed E-state index contributed by atoms with van der Waals surface area (Å²) in [5.41, 5.74) is -2.93. The highest BCUT2D eigenvalue weighted by atomic mass is 35.5. The summed E-state index contributed by atoms with van der Waals surface area (Å²) in [6.45, 7) is 4.62. The van der Waals surface area contributed by atoms with Crippen LogP contribution in [0.15, 0.2) is 140 Å². The smallest absolute Gasteiger partial charge is 0.408 e. The second-order valence-electron chi connectivity index (χ2n) is 25.0. The number of halogens is 2. The number of benzene rings is 8. The fourth-order valence-corrected chi connectivity index (χ4v) is 12.4. The van der Waals surface area contributed by atoms with Crippen LogP contribution in [0.3, 0.4) is 0 Å². The van der Waals surface area contributed by atoms with E-state index in [0.717, 1.165) is 66.2 Å². The standard InChI is InChI=1S/C71H62Cl2N8O20/c1-71(2,3)101-70(97)81-55-33-11-14-46(84)50(23-33)98-38-20-35(19-37(82)26-38)56-66(92)78-57-36-24-51(99-48-15-9-31(17-42(48)72)18-44(63(89)76-56)75-64(55)90)62(88)52(25-36)100-49-16-12-34(22-43(49)73)60(86)59-68(94)79-58(69(95)96)40-27-47(85)41(29-74-28-30-7-5-4-6-8-30)61(87)53(40)39-21-32(10-13-45(39)83)54(65(91)80-59)77-67(57)93/h4-17,19-27,44,54-60,74,82-88H,18,28-29H2,1-3H3,(H,75,90)(H,76,89)(H,77,93)(H,78,92)(H,79,94)(H,80,91)(H,81,97)(H,95,96)/t44-,54-,55-,56-,57-,58-,59-,60?/m0/s1. The van der Waals surface area contributed by atoms with E-state index in [0.29, 0.717) is 0 Å². The first-order chi connectivity index (χ1) is 48.0. The summed E-state index contributed by atoms with van der Waals surface area (Å²) in [5, 5.41) is 114. The minimum atomic E-state index is -2.25. The molecule has 30 heteroatoms. The number of aliphatic hydroxyl groups excluding tert-OH is 1. The molecule has 0 aromatic heterocycles. The predicted molar refractivity (Wildman–Crippen MR) is 357 cm³/mol. The molecule has 0 saturated heterocycles. The van der Waals surface area contributed by atoms with Gasteiger partial charge in [0, 0.05) is 42.3 Å². The van der Waals surface area contributed by atoms with Crippen LogP contribution < -0.4 is 56.7 Å². The second kappa shape index (κ2) is 27.7. The summed E-state index contributed by atoms with van der Waals surface area (Å²) < 4.78 is 24.2. The first-order valence-corrected chi connectivity index (χ1v) is 31.8. The zero-order valence-electron chi connectivity index (χ0n) is 53.3. The van der Waals surface area contributed by atoms with E-state index in [1.807, 2.05) is 0 Å². The van der Waals surface area contributed by atoms with Gasteiger partial charge in [-0.25, -0.2) is 9.59 Å². The molecule has 0 spiro atoms. The Labute approximate surface area is 582 Å². The Kier molecular flexibility index (Phi) is 18.9. The van der Waals surface area contributed by atoms with Crippen LogP contribution in [0.4, 0.5) is 4.79 Å². The van der Waals surface area contributed by atoms with Crippen molar-refractivity contribution in [3.05, 3.63) is 200 Å². The largest absolute Gasteiger partial charge is 0.508 e. The second-order valence-corrected chi connectivity index (χ2v) is 25.9. The first kappa shape index (κ1) is 68.9. The van der Waals surface area contributed by atoms with Gasteiger partial charge in [-0.3, -0.25) is 28.8 Å². The average molecular weight is 1420 g/mol. The Hall–Kier alpha value is -12.0. The van der Waals surface area contributed by atoms with Crippen LogP contribution in [0.25, 0.3) is 11.1 Å². The lowest BCUT2D eigenvalue weighted by atomic mass is 9.88. The number of nitrogens with one attached hydrogen (secondary N) is 8. The molecule has 6 aliphatic heterocycles. The van der Waals surface area contributed by atoms with Crippen LogP contribution in [0.2, 0.25) is 10.0 Å². The van der Waals surface area contributed by atoms with Crippen LogP contribution in [0.5, 0.6) is 69.0 Å². The molecular weight excluding hydrogens is 1360 g/mol. The van der Waals surface area contributed by atoms with Crippen LogP contribution in [0.1, 0.15) is 107 Å². The maximum Gasteiger partial charge on any atom is 0.408 e. The maximum absolute atomic E-state index is 16.0. The fourth-order valence-electron chi connectivity index (χ4n) is 12.0. The van der Waals surface area contributed by atoms with Crippen molar-refractivity contribution >= 4 is 70.7 Å². The van der Waals surface area contributed by atoms with Crippen LogP contribution in [-0.2, 0) is 57.8 Å². The predicted octanol–water partition coefficient (Wildman–Crippen LogP) is 7.84. The van der Waals surface area contributed by atoms with Crippen molar-refractivity contribution in [1.82, 2.24) is 42.5 Å². The number of rotatable bonds is 6. The van der Waals surface area contributed by atoms with Crippen LogP contribution >= 0.6 is 23.2 Å². The minimum Gasteiger partial charge on any atom is -0.508 e. The number of carbonyl (C=O) groups excluding carboxylic acids is 7. The molecule has 520 valence electrons. The Morgan fingerprint density at radius 3 is 1.81 bits per heavy atom. The molecule has 8 aromatic carbocycles. The van der Waals surface area contributed by atoms with Crippen LogP contribution in [0, 0.1) is 0 Å². The number of carboxylic acids is 1. The van der Waals surface area contributed by atoms with Gasteiger partial charge in [-0.2, -0.15) is 0 Å². The molecule has 8 aromatic rings. The number of phenols is 6. The van der Waals surface area contributed by atoms with Crippen LogP contribution in [-0.4, -0.2) is 106 Å². The van der Waals surface area contributed by atoms with Crippen molar-refractivity contribution in [3.63, 3.8) is 0 Å². The third-order valence-electron chi connectivity index (χ3n) is 16.8. The van der Waals surface area contributed by atoms with E-state index in [1.54, 1.807) is 51.1 Å². The average Bonchev–Trinajstić information content (AvgIpc) is 0.751. The number of carboxylic acid groups (broad SMARTS) is 1. The Bertz CT molecular complexity index is 4740. The minimum absolute atomic E-state index is 0.0121. The SMILES string of the molecule is CC(C)(C)OC(=O)N[C@@H]1C(=O)N[C@H]2Cc3ccc(c(Cl)c3)Oc3cc4cc(c3O)Oc3ccc(cc3Cl)C(O)[C@@H]3NC(=O)[C@@H](NC(=O)[C@H]4NC(=O)[C@@H](NC2=O)c2cc(O)cc(c2)Oc2cc1ccc2O)c1ccc(O)c(c1)-c1c(cc(O)c(CNCc2ccccc2)c1O)[C@@H](C(=O)O)NC3=O. The van der Waals surface area contributed by atoms with Crippen molar-refractivity contribution in [3.8, 4) is 80.1 Å². The topological polar surface area (TPSA) is 432 Å². The lowest BCUT2D eigenvalue weighted by molar-refractivity contribution is -0.143. The zero-order chi connectivity index (χ0) is 72.0. The summed E-state index contributed by atoms with van der Waals surface area (Å²) in [6, 6.07) is 15.4. The first-order valence-electron chi connectivity index (χ1n) is 31.1. The third-order valence-corrected chi connectivity index (χ3v) is 17.4. The highest BCUT2D eigenvalue weighted by Gasteiger charge is 2.42. The quantitative estimate of drug-likeness (QED) is 0.0753. The van der Waals surface area contributed by atoms with Gasteiger partial charge >= 0.3 is 12.1 Å². The van der Waals surface area contributed by atoms with E-state index >= 15 is 19.2 Å². The molecule has 7 amide bonds. The van der Waals surface area contributed by atoms with Crippen molar-refractivity contribution in [2.24, 2.45) is 0 Å². The number of hydrogen-bond donors (Lipinski definition) is 16. The number of fused-ring (bicyclic) bond motifs is 14. The van der Waals surface area contributed by atoms with Gasteiger partial charge in [0.05, 0.1) is 15.6 Å². The Balaban J connectivity index is 1.05. The van der Waals surface area contributed by atoms with E-state index in [1.165, 1.54) is 48.5 Å². The zero-order valence-corrected chi connectivity index (χ0v) is 54.8. The van der Waals surface area contributed by atoms with E-state index in [9.17, 15) is 60.0 Å². The monoisotopic (exact) mass is 1420 g/mol. The summed E-state index contributed by atoms with van der Waals surface area (Å²) in [6.07, 6.45) is -3.70. The highest BCUT2D eigenvalue weighted by Crippen LogP contribution is 2.49. The summed E-state index contributed by atoms with van der Waals surface area (Å²) in [4.78, 5) is 120. The number of aliphatic carboxylic acids is 1. The lowest BCUT2D eigenvalue weighted by Crippen LogP contribution is -2.55. The Morgan fingerprint density at radius 2 is 1.15 bits per heavy atom. The van der Waals surface area contributed by atoms with Gasteiger partial charge in [0.2, 0.25) is 41.2 Å². The molecule has 0 radical (unpaired) electrons. The fraction of sp³-hybridized carbons (Fsp3) is 0.211. The number of alkyl carbamates (subject to hydrolysis) is 1. The van der Waals surface area contributed by atoms with E-state index in [-0.39, 0.29) is 85.1 Å². The van der Waals surface area contributed by atoms with Gasteiger partial charge in [-0.15, -0.1) is 0 Å². The van der Waals surface area contributed by atoms with Gasteiger partial charge in [0.1, 0.15) is 88.2 Å². The number of hydrogen-bond acceptors (Lipinski definition) is 20. The van der Waals surface area contributed by atoms with Gasteiger partial charge in [0.15, 0.2) is 29.0 Å². The lowest BCUT2D eigenvalue weighted by Gasteiger charge is -2.31. The number of aliphatic hydroxyl groups is 1.